The molecule has 19 heavy (non-hydrogen) atoms. The highest BCUT2D eigenvalue weighted by atomic mass is 19.1. The molecule has 1 aliphatic heterocycles. The Morgan fingerprint density at radius 2 is 2.00 bits per heavy atom. The predicted octanol–water partition coefficient (Wildman–Crippen LogP) is 0.695. The first-order valence-corrected chi connectivity index (χ1v) is 6.10. The second kappa shape index (κ2) is 6.29. The Morgan fingerprint density at radius 3 is 2.63 bits per heavy atom. The van der Waals surface area contributed by atoms with Crippen molar-refractivity contribution < 1.29 is 18.7 Å². The standard InChI is InChI=1S/C13H15FN2O3/c14-10-5-3-9(4-6-10)8-12(17)15-16-13(18)11-2-1-7-19-11/h3-6,11H,1-2,7-8H2,(H,15,17)(H,16,18)/t11-/m0/s1. The van der Waals surface area contributed by atoms with Crippen molar-refractivity contribution in [3.63, 3.8) is 0 Å². The summed E-state index contributed by atoms with van der Waals surface area (Å²) in [7, 11) is 0. The molecule has 2 amide bonds. The quantitative estimate of drug-likeness (QED) is 0.791. The number of carbonyl (C=O) groups excluding carboxylic acids is 2. The van der Waals surface area contributed by atoms with Crippen LogP contribution in [-0.2, 0) is 20.7 Å². The predicted molar refractivity (Wildman–Crippen MR) is 65.4 cm³/mol. The van der Waals surface area contributed by atoms with Crippen molar-refractivity contribution in [1.29, 1.82) is 0 Å². The van der Waals surface area contributed by atoms with Crippen LogP contribution in [0.15, 0.2) is 24.3 Å². The van der Waals surface area contributed by atoms with Gasteiger partial charge in [0.25, 0.3) is 5.91 Å². The van der Waals surface area contributed by atoms with Crippen molar-refractivity contribution in [2.45, 2.75) is 25.4 Å². The van der Waals surface area contributed by atoms with Crippen LogP contribution < -0.4 is 10.9 Å². The molecule has 1 heterocycles. The summed E-state index contributed by atoms with van der Waals surface area (Å²) in [4.78, 5) is 23.1. The Labute approximate surface area is 110 Å². The van der Waals surface area contributed by atoms with E-state index < -0.39 is 6.10 Å². The Hall–Kier alpha value is -1.95. The topological polar surface area (TPSA) is 67.4 Å². The van der Waals surface area contributed by atoms with Crippen LogP contribution in [0, 0.1) is 5.82 Å². The SMILES string of the molecule is O=C(Cc1ccc(F)cc1)NNC(=O)[C@@H]1CCCO1. The molecule has 1 aromatic carbocycles. The van der Waals surface area contributed by atoms with Crippen molar-refractivity contribution in [2.24, 2.45) is 0 Å². The van der Waals surface area contributed by atoms with Crippen LogP contribution in [0.2, 0.25) is 0 Å². The van der Waals surface area contributed by atoms with Crippen molar-refractivity contribution in [3.05, 3.63) is 35.6 Å². The number of rotatable bonds is 3. The van der Waals surface area contributed by atoms with Crippen LogP contribution in [0.1, 0.15) is 18.4 Å². The summed E-state index contributed by atoms with van der Waals surface area (Å²) in [5.41, 5.74) is 5.30. The second-order valence-corrected chi connectivity index (χ2v) is 4.34. The van der Waals surface area contributed by atoms with Crippen LogP contribution in [-0.4, -0.2) is 24.5 Å². The van der Waals surface area contributed by atoms with E-state index in [0.29, 0.717) is 18.6 Å². The smallest absolute Gasteiger partial charge is 0.267 e. The first-order valence-electron chi connectivity index (χ1n) is 6.10. The van der Waals surface area contributed by atoms with E-state index >= 15 is 0 Å². The third-order valence-corrected chi connectivity index (χ3v) is 2.83. The molecule has 0 unspecified atom stereocenters. The van der Waals surface area contributed by atoms with Gasteiger partial charge in [0.2, 0.25) is 5.91 Å². The van der Waals surface area contributed by atoms with E-state index in [1.165, 1.54) is 24.3 Å². The van der Waals surface area contributed by atoms with Gasteiger partial charge in [-0.3, -0.25) is 20.4 Å². The van der Waals surface area contributed by atoms with Gasteiger partial charge in [-0.05, 0) is 30.5 Å². The van der Waals surface area contributed by atoms with Gasteiger partial charge in [0.05, 0.1) is 6.42 Å². The summed E-state index contributed by atoms with van der Waals surface area (Å²) in [6.07, 6.45) is 1.11. The molecule has 1 aliphatic rings. The van der Waals surface area contributed by atoms with E-state index in [2.05, 4.69) is 10.9 Å². The van der Waals surface area contributed by atoms with Crippen molar-refractivity contribution >= 4 is 11.8 Å². The highest BCUT2D eigenvalue weighted by Gasteiger charge is 2.23. The zero-order chi connectivity index (χ0) is 13.7. The third kappa shape index (κ3) is 4.03. The second-order valence-electron chi connectivity index (χ2n) is 4.34. The lowest BCUT2D eigenvalue weighted by atomic mass is 10.1. The normalized spacial score (nSPS) is 18.1. The molecule has 102 valence electrons. The molecule has 5 nitrogen and oxygen atoms in total. The fourth-order valence-electron chi connectivity index (χ4n) is 1.83. The average Bonchev–Trinajstić information content (AvgIpc) is 2.93. The van der Waals surface area contributed by atoms with Crippen LogP contribution >= 0.6 is 0 Å². The van der Waals surface area contributed by atoms with Gasteiger partial charge >= 0.3 is 0 Å². The summed E-state index contributed by atoms with van der Waals surface area (Å²) in [6, 6.07) is 5.62. The Morgan fingerprint density at radius 1 is 1.26 bits per heavy atom. The Balaban J connectivity index is 1.75. The number of benzene rings is 1. The van der Waals surface area contributed by atoms with Gasteiger partial charge in [-0.2, -0.15) is 0 Å². The molecule has 0 aromatic heterocycles. The maximum absolute atomic E-state index is 12.7. The Kier molecular flexibility index (Phi) is 4.46. The Bertz CT molecular complexity index is 455. The molecular formula is C13H15FN2O3. The fraction of sp³-hybridized carbons (Fsp3) is 0.385. The maximum atomic E-state index is 12.7. The van der Waals surface area contributed by atoms with Gasteiger partial charge in [0, 0.05) is 6.61 Å². The van der Waals surface area contributed by atoms with Gasteiger partial charge in [0.15, 0.2) is 0 Å². The molecule has 2 rings (SSSR count). The molecule has 1 aromatic rings. The molecule has 0 bridgehead atoms. The number of hydrogen-bond acceptors (Lipinski definition) is 3. The highest BCUT2D eigenvalue weighted by Crippen LogP contribution is 2.11. The van der Waals surface area contributed by atoms with Gasteiger partial charge < -0.3 is 4.74 Å². The lowest BCUT2D eigenvalue weighted by Gasteiger charge is -2.11. The molecule has 1 saturated heterocycles. The molecule has 0 spiro atoms. The van der Waals surface area contributed by atoms with Crippen molar-refractivity contribution in [3.8, 4) is 0 Å². The van der Waals surface area contributed by atoms with E-state index in [-0.39, 0.29) is 24.1 Å². The molecule has 0 aliphatic carbocycles. The van der Waals surface area contributed by atoms with Crippen molar-refractivity contribution in [2.75, 3.05) is 6.61 Å². The lowest BCUT2D eigenvalue weighted by molar-refractivity contribution is -0.134. The number of ether oxygens (including phenoxy) is 1. The van der Waals surface area contributed by atoms with Crippen LogP contribution in [0.3, 0.4) is 0 Å². The fourth-order valence-corrected chi connectivity index (χ4v) is 1.83. The maximum Gasteiger partial charge on any atom is 0.267 e. The largest absolute Gasteiger partial charge is 0.368 e. The molecule has 6 heteroatoms. The van der Waals surface area contributed by atoms with E-state index in [4.69, 9.17) is 4.74 Å². The summed E-state index contributed by atoms with van der Waals surface area (Å²) < 4.78 is 17.9. The lowest BCUT2D eigenvalue weighted by Crippen LogP contribution is -2.46. The highest BCUT2D eigenvalue weighted by molar-refractivity contribution is 5.85. The summed E-state index contributed by atoms with van der Waals surface area (Å²) >= 11 is 0. The minimum absolute atomic E-state index is 0.0755. The zero-order valence-electron chi connectivity index (χ0n) is 10.3. The summed E-state index contributed by atoms with van der Waals surface area (Å²) in [5, 5.41) is 0. The summed E-state index contributed by atoms with van der Waals surface area (Å²) in [5.74, 6) is -1.06. The monoisotopic (exact) mass is 266 g/mol. The zero-order valence-corrected chi connectivity index (χ0v) is 10.3. The number of carbonyl (C=O) groups is 2. The number of halogens is 1. The number of amides is 2. The molecule has 2 N–H and O–H groups in total. The molecule has 0 saturated carbocycles. The van der Waals surface area contributed by atoms with Crippen LogP contribution in [0.25, 0.3) is 0 Å². The van der Waals surface area contributed by atoms with Crippen molar-refractivity contribution in [1.82, 2.24) is 10.9 Å². The van der Waals surface area contributed by atoms with E-state index in [1.54, 1.807) is 0 Å². The third-order valence-electron chi connectivity index (χ3n) is 2.83. The van der Waals surface area contributed by atoms with E-state index in [9.17, 15) is 14.0 Å². The molecular weight excluding hydrogens is 251 g/mol. The van der Waals surface area contributed by atoms with E-state index in [0.717, 1.165) is 6.42 Å². The van der Waals surface area contributed by atoms with Gasteiger partial charge in [-0.25, -0.2) is 4.39 Å². The van der Waals surface area contributed by atoms with Crippen LogP contribution in [0.4, 0.5) is 4.39 Å². The number of hydrazine groups is 1. The minimum Gasteiger partial charge on any atom is -0.368 e. The van der Waals surface area contributed by atoms with Gasteiger partial charge in [-0.15, -0.1) is 0 Å². The van der Waals surface area contributed by atoms with Gasteiger partial charge in [0.1, 0.15) is 11.9 Å². The number of nitrogens with one attached hydrogen (secondary N) is 2. The minimum atomic E-state index is -0.480. The molecule has 1 atom stereocenters. The van der Waals surface area contributed by atoms with E-state index in [1.807, 2.05) is 0 Å². The first-order chi connectivity index (χ1) is 9.15. The number of hydrogen-bond donors (Lipinski definition) is 2. The average molecular weight is 266 g/mol. The van der Waals surface area contributed by atoms with Crippen LogP contribution in [0.5, 0.6) is 0 Å². The molecule has 1 fully saturated rings. The van der Waals surface area contributed by atoms with Gasteiger partial charge in [-0.1, -0.05) is 12.1 Å². The summed E-state index contributed by atoms with van der Waals surface area (Å²) in [6.45, 7) is 0.571. The molecule has 0 radical (unpaired) electrons. The first kappa shape index (κ1) is 13.5.